The maximum atomic E-state index is 12.8. The van der Waals surface area contributed by atoms with Crippen molar-refractivity contribution in [2.24, 2.45) is 15.8 Å². The van der Waals surface area contributed by atoms with Gasteiger partial charge < -0.3 is 4.90 Å². The summed E-state index contributed by atoms with van der Waals surface area (Å²) in [6.45, 7) is 17.1. The molecule has 0 spiro atoms. The summed E-state index contributed by atoms with van der Waals surface area (Å²) in [7, 11) is -3.15. The first-order valence-electron chi connectivity index (χ1n) is 9.42. The van der Waals surface area contributed by atoms with Crippen molar-refractivity contribution in [2.45, 2.75) is 72.6 Å². The summed E-state index contributed by atoms with van der Waals surface area (Å²) in [6, 6.07) is 0.0871. The first kappa shape index (κ1) is 18.9. The smallest absolute Gasteiger partial charge is 0.217 e. The summed E-state index contributed by atoms with van der Waals surface area (Å²) in [4.78, 5) is 7.34. The fraction of sp³-hybridized carbons (Fsp3) is 0.842. The molecule has 0 unspecified atom stereocenters. The molecule has 2 fully saturated rings. The number of piperazine rings is 1. The van der Waals surface area contributed by atoms with Crippen molar-refractivity contribution in [1.82, 2.24) is 9.21 Å². The molecular weight excluding hydrogens is 334 g/mol. The van der Waals surface area contributed by atoms with Gasteiger partial charge in [0, 0.05) is 24.2 Å². The van der Waals surface area contributed by atoms with Crippen molar-refractivity contribution in [1.29, 1.82) is 0 Å². The Morgan fingerprint density at radius 1 is 1.00 bits per heavy atom. The van der Waals surface area contributed by atoms with Crippen molar-refractivity contribution in [3.05, 3.63) is 11.3 Å². The number of nitrogens with zero attached hydrogens (tertiary/aromatic N) is 3. The Labute approximate surface area is 153 Å². The minimum absolute atomic E-state index is 0.0354. The fourth-order valence-corrected chi connectivity index (χ4v) is 5.94. The van der Waals surface area contributed by atoms with Crippen molar-refractivity contribution in [3.63, 3.8) is 0 Å². The van der Waals surface area contributed by atoms with Crippen LogP contribution in [0, 0.1) is 10.8 Å². The van der Waals surface area contributed by atoms with E-state index in [1.54, 1.807) is 4.31 Å². The summed E-state index contributed by atoms with van der Waals surface area (Å²) in [5, 5.41) is -0.144. The molecular formula is C19H33N3O2S. The molecule has 5 nitrogen and oxygen atoms in total. The lowest BCUT2D eigenvalue weighted by Crippen LogP contribution is -2.55. The van der Waals surface area contributed by atoms with Crippen LogP contribution >= 0.6 is 0 Å². The van der Waals surface area contributed by atoms with Crippen LogP contribution < -0.4 is 0 Å². The van der Waals surface area contributed by atoms with Crippen LogP contribution in [0.1, 0.15) is 61.3 Å². The second-order valence-electron chi connectivity index (χ2n) is 9.72. The number of rotatable bonds is 2. The molecule has 0 N–H and O–H groups in total. The Kier molecular flexibility index (Phi) is 4.39. The number of hydrogen-bond donors (Lipinski definition) is 0. The monoisotopic (exact) mass is 367 g/mol. The van der Waals surface area contributed by atoms with Crippen LogP contribution in [-0.4, -0.2) is 54.4 Å². The van der Waals surface area contributed by atoms with Crippen LogP contribution in [-0.2, 0) is 10.0 Å². The van der Waals surface area contributed by atoms with E-state index in [0.717, 1.165) is 24.4 Å². The molecule has 0 bridgehead atoms. The molecule has 1 aliphatic carbocycles. The minimum Gasteiger partial charge on any atom is -0.331 e. The second-order valence-corrected chi connectivity index (χ2v) is 11.9. The summed E-state index contributed by atoms with van der Waals surface area (Å²) >= 11 is 0. The molecule has 2 heterocycles. The highest BCUT2D eigenvalue weighted by molar-refractivity contribution is 7.90. The van der Waals surface area contributed by atoms with Crippen LogP contribution in [0.2, 0.25) is 0 Å². The Bertz CT molecular complexity index is 719. The second kappa shape index (κ2) is 5.81. The molecule has 142 valence electrons. The molecule has 0 aromatic heterocycles. The summed E-state index contributed by atoms with van der Waals surface area (Å²) in [5.41, 5.74) is 2.35. The molecule has 6 heteroatoms. The standard InChI is InChI=1S/C19H33N3O2S/c1-13-16(18(2,3)4)15-12-21(25(23,24)14-8-9-14)10-11-22(15)17(20-13)19(5,6)7/h13-14H,8-12H2,1-7H3/t13-/m0/s1. The van der Waals surface area contributed by atoms with Gasteiger partial charge in [0.25, 0.3) is 0 Å². The molecule has 25 heavy (non-hydrogen) atoms. The van der Waals surface area contributed by atoms with E-state index >= 15 is 0 Å². The number of aliphatic imine (C=N–C) groups is 1. The van der Waals surface area contributed by atoms with Gasteiger partial charge in [-0.05, 0) is 30.8 Å². The number of fused-ring (bicyclic) bond motifs is 1. The zero-order valence-electron chi connectivity index (χ0n) is 16.8. The number of amidine groups is 1. The highest BCUT2D eigenvalue weighted by atomic mass is 32.2. The normalized spacial score (nSPS) is 26.6. The van der Waals surface area contributed by atoms with Crippen molar-refractivity contribution < 1.29 is 8.42 Å². The van der Waals surface area contributed by atoms with Gasteiger partial charge in [-0.3, -0.25) is 4.99 Å². The highest BCUT2D eigenvalue weighted by Crippen LogP contribution is 2.41. The third-order valence-corrected chi connectivity index (χ3v) is 7.65. The van der Waals surface area contributed by atoms with E-state index < -0.39 is 10.0 Å². The maximum Gasteiger partial charge on any atom is 0.217 e. The number of sulfonamides is 1. The van der Waals surface area contributed by atoms with Crippen molar-refractivity contribution in [3.8, 4) is 0 Å². The van der Waals surface area contributed by atoms with Crippen LogP contribution in [0.3, 0.4) is 0 Å². The summed E-state index contributed by atoms with van der Waals surface area (Å²) in [6.07, 6.45) is 1.64. The highest BCUT2D eigenvalue weighted by Gasteiger charge is 2.45. The van der Waals surface area contributed by atoms with E-state index in [1.807, 2.05) is 0 Å². The van der Waals surface area contributed by atoms with E-state index in [0.29, 0.717) is 19.6 Å². The molecule has 0 aromatic rings. The molecule has 1 atom stereocenters. The molecule has 3 aliphatic rings. The summed E-state index contributed by atoms with van der Waals surface area (Å²) in [5.74, 6) is 1.09. The quantitative estimate of drug-likeness (QED) is 0.753. The van der Waals surface area contributed by atoms with Gasteiger partial charge in [0.1, 0.15) is 5.84 Å². The van der Waals surface area contributed by atoms with Crippen LogP contribution in [0.15, 0.2) is 16.3 Å². The third kappa shape index (κ3) is 3.39. The van der Waals surface area contributed by atoms with Gasteiger partial charge in [0.15, 0.2) is 0 Å². The predicted octanol–water partition coefficient (Wildman–Crippen LogP) is 3.24. The Morgan fingerprint density at radius 3 is 2.08 bits per heavy atom. The largest absolute Gasteiger partial charge is 0.331 e. The van der Waals surface area contributed by atoms with E-state index in [4.69, 9.17) is 4.99 Å². The van der Waals surface area contributed by atoms with Crippen molar-refractivity contribution >= 4 is 15.9 Å². The van der Waals surface area contributed by atoms with Gasteiger partial charge in [-0.1, -0.05) is 41.5 Å². The van der Waals surface area contributed by atoms with Gasteiger partial charge in [0.2, 0.25) is 10.0 Å². The van der Waals surface area contributed by atoms with Crippen LogP contribution in [0.25, 0.3) is 0 Å². The lowest BCUT2D eigenvalue weighted by molar-refractivity contribution is 0.275. The molecule has 1 saturated carbocycles. The van der Waals surface area contributed by atoms with Crippen LogP contribution in [0.5, 0.6) is 0 Å². The Balaban J connectivity index is 2.04. The third-order valence-electron chi connectivity index (χ3n) is 5.31. The molecule has 0 aromatic carbocycles. The van der Waals surface area contributed by atoms with E-state index in [1.165, 1.54) is 5.57 Å². The van der Waals surface area contributed by atoms with E-state index in [-0.39, 0.29) is 22.1 Å². The van der Waals surface area contributed by atoms with Gasteiger partial charge in [-0.25, -0.2) is 8.42 Å². The van der Waals surface area contributed by atoms with Crippen molar-refractivity contribution in [2.75, 3.05) is 19.6 Å². The topological polar surface area (TPSA) is 53.0 Å². The predicted molar refractivity (Wildman–Crippen MR) is 103 cm³/mol. The molecule has 1 saturated heterocycles. The molecule has 2 aliphatic heterocycles. The van der Waals surface area contributed by atoms with E-state index in [2.05, 4.69) is 53.4 Å². The van der Waals surface area contributed by atoms with Gasteiger partial charge >= 0.3 is 0 Å². The average Bonchev–Trinajstić information content (AvgIpc) is 3.27. The number of hydrogen-bond acceptors (Lipinski definition) is 4. The average molecular weight is 368 g/mol. The lowest BCUT2D eigenvalue weighted by atomic mass is 9.78. The zero-order valence-corrected chi connectivity index (χ0v) is 17.6. The van der Waals surface area contributed by atoms with Gasteiger partial charge in [-0.15, -0.1) is 0 Å². The fourth-order valence-electron chi connectivity index (χ4n) is 4.15. The SMILES string of the molecule is C[C@@H]1N=C(C(C)(C)C)N2CCN(S(=O)(=O)C3CC3)CC2=C1C(C)(C)C. The maximum absolute atomic E-state index is 12.8. The molecule has 0 radical (unpaired) electrons. The van der Waals surface area contributed by atoms with Gasteiger partial charge in [0.05, 0.1) is 17.8 Å². The van der Waals surface area contributed by atoms with Crippen LogP contribution in [0.4, 0.5) is 0 Å². The van der Waals surface area contributed by atoms with Gasteiger partial charge in [-0.2, -0.15) is 4.31 Å². The summed E-state index contributed by atoms with van der Waals surface area (Å²) < 4.78 is 27.3. The molecule has 0 amide bonds. The Morgan fingerprint density at radius 2 is 1.60 bits per heavy atom. The molecule has 3 rings (SSSR count). The van der Waals surface area contributed by atoms with E-state index in [9.17, 15) is 8.42 Å². The zero-order chi connectivity index (χ0) is 18.8. The lowest BCUT2D eigenvalue weighted by Gasteiger charge is -2.48. The Hall–Kier alpha value is -0.880. The minimum atomic E-state index is -3.15. The first-order chi connectivity index (χ1) is 11.3. The first-order valence-corrected chi connectivity index (χ1v) is 10.9.